The lowest BCUT2D eigenvalue weighted by atomic mass is 10.1. The molecule has 1 aromatic carbocycles. The van der Waals surface area contributed by atoms with Gasteiger partial charge in [0.25, 0.3) is 0 Å². The van der Waals surface area contributed by atoms with E-state index in [9.17, 15) is 5.11 Å². The summed E-state index contributed by atoms with van der Waals surface area (Å²) in [5, 5.41) is 12.5. The van der Waals surface area contributed by atoms with Gasteiger partial charge in [-0.1, -0.05) is 34.1 Å². The Labute approximate surface area is 80.7 Å². The Hall–Kier alpha value is -0.380. The first-order valence-corrected chi connectivity index (χ1v) is 4.62. The van der Waals surface area contributed by atoms with Crippen molar-refractivity contribution in [3.8, 4) is 0 Å². The summed E-state index contributed by atoms with van der Waals surface area (Å²) in [5.41, 5.74) is 0.923. The van der Waals surface area contributed by atoms with Crippen LogP contribution in [-0.2, 0) is 0 Å². The van der Waals surface area contributed by atoms with Crippen molar-refractivity contribution in [1.29, 1.82) is 0 Å². The monoisotopic (exact) mass is 229 g/mol. The van der Waals surface area contributed by atoms with Gasteiger partial charge in [0, 0.05) is 11.0 Å². The Morgan fingerprint density at radius 1 is 1.50 bits per heavy atom. The summed E-state index contributed by atoms with van der Waals surface area (Å²) in [6.45, 7) is 0.572. The lowest BCUT2D eigenvalue weighted by Crippen LogP contribution is -2.16. The van der Waals surface area contributed by atoms with E-state index in [1.165, 1.54) is 0 Å². The van der Waals surface area contributed by atoms with Gasteiger partial charge in [-0.15, -0.1) is 0 Å². The van der Waals surface area contributed by atoms with Crippen molar-refractivity contribution in [3.05, 3.63) is 34.3 Å². The zero-order chi connectivity index (χ0) is 8.97. The predicted molar refractivity (Wildman–Crippen MR) is 53.0 cm³/mol. The minimum absolute atomic E-state index is 0.439. The first-order valence-electron chi connectivity index (χ1n) is 3.83. The summed E-state index contributed by atoms with van der Waals surface area (Å²) < 4.78 is 0.952. The number of halogens is 1. The van der Waals surface area contributed by atoms with E-state index in [1.54, 1.807) is 0 Å². The number of aliphatic hydroxyl groups excluding tert-OH is 1. The molecule has 0 aliphatic rings. The van der Waals surface area contributed by atoms with Gasteiger partial charge >= 0.3 is 0 Å². The number of likely N-dealkylation sites (N-methyl/N-ethyl adjacent to an activating group) is 1. The summed E-state index contributed by atoms with van der Waals surface area (Å²) in [6, 6.07) is 7.68. The normalized spacial score (nSPS) is 12.9. The summed E-state index contributed by atoms with van der Waals surface area (Å²) in [5.74, 6) is 0. The van der Waals surface area contributed by atoms with Crippen LogP contribution in [0.25, 0.3) is 0 Å². The third-order valence-electron chi connectivity index (χ3n) is 1.66. The Bertz CT molecular complexity index is 252. The highest BCUT2D eigenvalue weighted by molar-refractivity contribution is 9.10. The van der Waals surface area contributed by atoms with E-state index in [0.717, 1.165) is 10.0 Å². The van der Waals surface area contributed by atoms with Crippen LogP contribution in [-0.4, -0.2) is 18.7 Å². The highest BCUT2D eigenvalue weighted by atomic mass is 79.9. The van der Waals surface area contributed by atoms with Gasteiger partial charge in [-0.3, -0.25) is 0 Å². The van der Waals surface area contributed by atoms with Gasteiger partial charge in [0.15, 0.2) is 0 Å². The second-order valence-corrected chi connectivity index (χ2v) is 3.45. The smallest absolute Gasteiger partial charge is 0.0925 e. The summed E-state index contributed by atoms with van der Waals surface area (Å²) in [7, 11) is 1.82. The first-order chi connectivity index (χ1) is 5.75. The number of hydrogen-bond donors (Lipinski definition) is 2. The average Bonchev–Trinajstić information content (AvgIpc) is 2.05. The van der Waals surface area contributed by atoms with Gasteiger partial charge in [0.1, 0.15) is 0 Å². The highest BCUT2D eigenvalue weighted by Gasteiger charge is 2.08. The second-order valence-electron chi connectivity index (χ2n) is 2.59. The molecule has 0 unspecified atom stereocenters. The van der Waals surface area contributed by atoms with Gasteiger partial charge in [0.2, 0.25) is 0 Å². The predicted octanol–water partition coefficient (Wildman–Crippen LogP) is 1.70. The van der Waals surface area contributed by atoms with Crippen LogP contribution in [0.1, 0.15) is 11.7 Å². The SMILES string of the molecule is CNC[C@H](O)c1ccccc1Br. The van der Waals surface area contributed by atoms with Gasteiger partial charge in [0.05, 0.1) is 6.10 Å². The van der Waals surface area contributed by atoms with Crippen LogP contribution in [0.15, 0.2) is 28.7 Å². The Balaban J connectivity index is 2.79. The molecule has 0 heterocycles. The molecule has 2 N–H and O–H groups in total. The van der Waals surface area contributed by atoms with E-state index in [2.05, 4.69) is 21.2 Å². The van der Waals surface area contributed by atoms with Crippen molar-refractivity contribution in [2.45, 2.75) is 6.10 Å². The molecule has 0 saturated heterocycles. The molecule has 0 bridgehead atoms. The summed E-state index contributed by atoms with van der Waals surface area (Å²) >= 11 is 3.38. The van der Waals surface area contributed by atoms with Crippen molar-refractivity contribution in [2.75, 3.05) is 13.6 Å². The summed E-state index contributed by atoms with van der Waals surface area (Å²) in [4.78, 5) is 0. The van der Waals surface area contributed by atoms with E-state index >= 15 is 0 Å². The number of rotatable bonds is 3. The number of aliphatic hydroxyl groups is 1. The van der Waals surface area contributed by atoms with Crippen molar-refractivity contribution >= 4 is 15.9 Å². The molecule has 0 radical (unpaired) electrons. The highest BCUT2D eigenvalue weighted by Crippen LogP contribution is 2.22. The largest absolute Gasteiger partial charge is 0.387 e. The van der Waals surface area contributed by atoms with E-state index < -0.39 is 6.10 Å². The molecule has 0 spiro atoms. The van der Waals surface area contributed by atoms with Crippen molar-refractivity contribution in [3.63, 3.8) is 0 Å². The fourth-order valence-electron chi connectivity index (χ4n) is 1.05. The van der Waals surface area contributed by atoms with E-state index in [-0.39, 0.29) is 0 Å². The van der Waals surface area contributed by atoms with Crippen molar-refractivity contribution in [1.82, 2.24) is 5.32 Å². The maximum absolute atomic E-state index is 9.61. The molecule has 0 amide bonds. The lowest BCUT2D eigenvalue weighted by Gasteiger charge is -2.11. The van der Waals surface area contributed by atoms with Gasteiger partial charge < -0.3 is 10.4 Å². The number of nitrogens with one attached hydrogen (secondary N) is 1. The van der Waals surface area contributed by atoms with E-state index in [0.29, 0.717) is 6.54 Å². The van der Waals surface area contributed by atoms with Gasteiger partial charge in [-0.2, -0.15) is 0 Å². The molecule has 1 aromatic rings. The van der Waals surface area contributed by atoms with Gasteiger partial charge in [-0.05, 0) is 18.7 Å². The zero-order valence-electron chi connectivity index (χ0n) is 6.92. The van der Waals surface area contributed by atoms with Crippen LogP contribution < -0.4 is 5.32 Å². The Morgan fingerprint density at radius 2 is 2.17 bits per heavy atom. The molecule has 0 fully saturated rings. The maximum Gasteiger partial charge on any atom is 0.0925 e. The van der Waals surface area contributed by atoms with Crippen LogP contribution in [0.3, 0.4) is 0 Å². The zero-order valence-corrected chi connectivity index (χ0v) is 8.51. The molecule has 3 heteroatoms. The Kier molecular flexibility index (Phi) is 3.72. The number of hydrogen-bond acceptors (Lipinski definition) is 2. The Morgan fingerprint density at radius 3 is 2.75 bits per heavy atom. The molecule has 0 saturated carbocycles. The van der Waals surface area contributed by atoms with E-state index in [4.69, 9.17) is 0 Å². The lowest BCUT2D eigenvalue weighted by molar-refractivity contribution is 0.177. The minimum Gasteiger partial charge on any atom is -0.387 e. The van der Waals surface area contributed by atoms with Crippen LogP contribution >= 0.6 is 15.9 Å². The molecule has 66 valence electrons. The van der Waals surface area contributed by atoms with Crippen LogP contribution in [0.4, 0.5) is 0 Å². The first kappa shape index (κ1) is 9.71. The topological polar surface area (TPSA) is 32.3 Å². The third-order valence-corrected chi connectivity index (χ3v) is 2.38. The minimum atomic E-state index is -0.439. The molecule has 0 aliphatic heterocycles. The molecular formula is C9H12BrNO. The molecule has 0 aromatic heterocycles. The standard InChI is InChI=1S/C9H12BrNO/c1-11-6-9(12)7-4-2-3-5-8(7)10/h2-5,9,11-12H,6H2,1H3/t9-/m0/s1. The quantitative estimate of drug-likeness (QED) is 0.828. The van der Waals surface area contributed by atoms with Crippen LogP contribution in [0, 0.1) is 0 Å². The van der Waals surface area contributed by atoms with Crippen molar-refractivity contribution in [2.24, 2.45) is 0 Å². The van der Waals surface area contributed by atoms with E-state index in [1.807, 2.05) is 31.3 Å². The van der Waals surface area contributed by atoms with Crippen LogP contribution in [0.5, 0.6) is 0 Å². The average molecular weight is 230 g/mol. The van der Waals surface area contributed by atoms with Gasteiger partial charge in [-0.25, -0.2) is 0 Å². The fraction of sp³-hybridized carbons (Fsp3) is 0.333. The molecule has 2 nitrogen and oxygen atoms in total. The molecule has 1 rings (SSSR count). The van der Waals surface area contributed by atoms with Crippen molar-refractivity contribution < 1.29 is 5.11 Å². The summed E-state index contributed by atoms with van der Waals surface area (Å²) in [6.07, 6.45) is -0.439. The van der Waals surface area contributed by atoms with Crippen LogP contribution in [0.2, 0.25) is 0 Å². The third kappa shape index (κ3) is 2.30. The maximum atomic E-state index is 9.61. The molecule has 12 heavy (non-hydrogen) atoms. The fourth-order valence-corrected chi connectivity index (χ4v) is 1.60. The molecular weight excluding hydrogens is 218 g/mol. The molecule has 0 aliphatic carbocycles. The molecule has 1 atom stereocenters. The second kappa shape index (κ2) is 4.60. The number of benzene rings is 1.